The summed E-state index contributed by atoms with van der Waals surface area (Å²) >= 11 is 6.12. The summed E-state index contributed by atoms with van der Waals surface area (Å²) in [6.45, 7) is 5.69. The van der Waals surface area contributed by atoms with Crippen molar-refractivity contribution in [1.29, 1.82) is 0 Å². The number of halogens is 1. The normalized spacial score (nSPS) is 11.7. The molecule has 30 heavy (non-hydrogen) atoms. The first-order valence-electron chi connectivity index (χ1n) is 9.95. The predicted molar refractivity (Wildman–Crippen MR) is 118 cm³/mol. The van der Waals surface area contributed by atoms with Crippen LogP contribution >= 0.6 is 11.6 Å². The van der Waals surface area contributed by atoms with Gasteiger partial charge in [-0.05, 0) is 50.1 Å². The Kier molecular flexibility index (Phi) is 8.99. The third kappa shape index (κ3) is 6.66. The first kappa shape index (κ1) is 23.5. The van der Waals surface area contributed by atoms with Gasteiger partial charge in [-0.3, -0.25) is 9.59 Å². The zero-order chi connectivity index (χ0) is 22.1. The summed E-state index contributed by atoms with van der Waals surface area (Å²) < 4.78 is 10.9. The monoisotopic (exact) mass is 432 g/mol. The Labute approximate surface area is 183 Å². The lowest BCUT2D eigenvalue weighted by molar-refractivity contribution is -0.143. The standard InChI is InChI=1S/C23H29ClN2O4/c1-5-20(23(28)25-16(2)3)26(14-17-9-8-10-18(13-17)29-4)22(27)15-30-21-12-7-6-11-19(21)24/h6-13,16,20H,5,14-15H2,1-4H3,(H,25,28)/t20-/m1/s1. The fraction of sp³-hybridized carbons (Fsp3) is 0.391. The molecule has 2 rings (SSSR count). The van der Waals surface area contributed by atoms with Crippen molar-refractivity contribution < 1.29 is 19.1 Å². The smallest absolute Gasteiger partial charge is 0.261 e. The Morgan fingerprint density at radius 1 is 1.13 bits per heavy atom. The largest absolute Gasteiger partial charge is 0.497 e. The number of carbonyl (C=O) groups is 2. The Morgan fingerprint density at radius 2 is 1.87 bits per heavy atom. The number of benzene rings is 2. The van der Waals surface area contributed by atoms with E-state index in [1.54, 1.807) is 36.3 Å². The predicted octanol–water partition coefficient (Wildman–Crippen LogP) is 4.06. The molecule has 162 valence electrons. The van der Waals surface area contributed by atoms with Crippen molar-refractivity contribution in [3.05, 3.63) is 59.1 Å². The molecule has 0 radical (unpaired) electrons. The van der Waals surface area contributed by atoms with Gasteiger partial charge in [0.1, 0.15) is 17.5 Å². The van der Waals surface area contributed by atoms with E-state index in [-0.39, 0.29) is 31.0 Å². The number of carbonyl (C=O) groups excluding carboxylic acids is 2. The molecule has 0 spiro atoms. The van der Waals surface area contributed by atoms with Crippen LogP contribution in [0.25, 0.3) is 0 Å². The molecule has 0 saturated heterocycles. The molecule has 1 N–H and O–H groups in total. The average molecular weight is 433 g/mol. The number of nitrogens with zero attached hydrogens (tertiary/aromatic N) is 1. The van der Waals surface area contributed by atoms with Gasteiger partial charge in [0.2, 0.25) is 5.91 Å². The lowest BCUT2D eigenvalue weighted by Crippen LogP contribution is -2.51. The van der Waals surface area contributed by atoms with Crippen LogP contribution in [0.2, 0.25) is 5.02 Å². The second-order valence-electron chi connectivity index (χ2n) is 7.18. The number of hydrogen-bond donors (Lipinski definition) is 1. The number of para-hydroxylation sites is 1. The molecule has 1 atom stereocenters. The molecule has 0 saturated carbocycles. The van der Waals surface area contributed by atoms with Gasteiger partial charge in [0.25, 0.3) is 5.91 Å². The molecule has 0 aliphatic heterocycles. The highest BCUT2D eigenvalue weighted by atomic mass is 35.5. The van der Waals surface area contributed by atoms with E-state index in [4.69, 9.17) is 21.1 Å². The summed E-state index contributed by atoms with van der Waals surface area (Å²) in [6, 6.07) is 13.7. The van der Waals surface area contributed by atoms with Crippen LogP contribution in [0.15, 0.2) is 48.5 Å². The minimum Gasteiger partial charge on any atom is -0.497 e. The molecule has 0 aliphatic rings. The van der Waals surface area contributed by atoms with Gasteiger partial charge in [0.15, 0.2) is 6.61 Å². The van der Waals surface area contributed by atoms with E-state index in [1.165, 1.54) is 0 Å². The Morgan fingerprint density at radius 3 is 2.50 bits per heavy atom. The van der Waals surface area contributed by atoms with E-state index in [9.17, 15) is 9.59 Å². The fourth-order valence-corrected chi connectivity index (χ4v) is 3.24. The third-order valence-electron chi connectivity index (χ3n) is 4.49. The van der Waals surface area contributed by atoms with E-state index >= 15 is 0 Å². The van der Waals surface area contributed by atoms with Gasteiger partial charge in [0.05, 0.1) is 12.1 Å². The van der Waals surface area contributed by atoms with Crippen LogP contribution in [0.3, 0.4) is 0 Å². The Balaban J connectivity index is 2.24. The van der Waals surface area contributed by atoms with Crippen LogP contribution < -0.4 is 14.8 Å². The molecule has 6 nitrogen and oxygen atoms in total. The van der Waals surface area contributed by atoms with Crippen molar-refractivity contribution in [3.8, 4) is 11.5 Å². The highest BCUT2D eigenvalue weighted by Gasteiger charge is 2.29. The minimum atomic E-state index is -0.624. The highest BCUT2D eigenvalue weighted by molar-refractivity contribution is 6.32. The molecule has 0 aromatic heterocycles. The molecule has 0 aliphatic carbocycles. The third-order valence-corrected chi connectivity index (χ3v) is 4.80. The van der Waals surface area contributed by atoms with Gasteiger partial charge in [-0.15, -0.1) is 0 Å². The van der Waals surface area contributed by atoms with Crippen LogP contribution in [0.4, 0.5) is 0 Å². The first-order valence-corrected chi connectivity index (χ1v) is 10.3. The number of nitrogens with one attached hydrogen (secondary N) is 1. The quantitative estimate of drug-likeness (QED) is 0.614. The number of rotatable bonds is 10. The Hall–Kier alpha value is -2.73. The van der Waals surface area contributed by atoms with Crippen LogP contribution in [-0.2, 0) is 16.1 Å². The first-order chi connectivity index (χ1) is 14.3. The summed E-state index contributed by atoms with van der Waals surface area (Å²) in [4.78, 5) is 27.4. The van der Waals surface area contributed by atoms with Gasteiger partial charge in [-0.1, -0.05) is 42.8 Å². The van der Waals surface area contributed by atoms with Crippen LogP contribution in [0, 0.1) is 0 Å². The Bertz CT molecular complexity index is 857. The summed E-state index contributed by atoms with van der Waals surface area (Å²) in [5.41, 5.74) is 0.858. The van der Waals surface area contributed by atoms with Crippen molar-refractivity contribution >= 4 is 23.4 Å². The van der Waals surface area contributed by atoms with Crippen molar-refractivity contribution in [2.75, 3.05) is 13.7 Å². The van der Waals surface area contributed by atoms with E-state index in [0.29, 0.717) is 22.9 Å². The van der Waals surface area contributed by atoms with Crippen LogP contribution in [0.1, 0.15) is 32.8 Å². The van der Waals surface area contributed by atoms with Gasteiger partial charge < -0.3 is 19.7 Å². The fourth-order valence-electron chi connectivity index (χ4n) is 3.05. The van der Waals surface area contributed by atoms with Crippen molar-refractivity contribution in [1.82, 2.24) is 10.2 Å². The number of ether oxygens (including phenoxy) is 2. The van der Waals surface area contributed by atoms with Gasteiger partial charge in [-0.25, -0.2) is 0 Å². The van der Waals surface area contributed by atoms with E-state index in [1.807, 2.05) is 45.0 Å². The molecule has 2 aromatic rings. The molecular formula is C23H29ClN2O4. The molecule has 0 heterocycles. The van der Waals surface area contributed by atoms with Gasteiger partial charge in [0, 0.05) is 12.6 Å². The van der Waals surface area contributed by atoms with Crippen molar-refractivity contribution in [2.45, 2.75) is 45.8 Å². The lowest BCUT2D eigenvalue weighted by atomic mass is 10.1. The zero-order valence-electron chi connectivity index (χ0n) is 17.9. The molecule has 7 heteroatoms. The van der Waals surface area contributed by atoms with E-state index in [2.05, 4.69) is 5.32 Å². The zero-order valence-corrected chi connectivity index (χ0v) is 18.6. The number of amides is 2. The average Bonchev–Trinajstić information content (AvgIpc) is 2.72. The minimum absolute atomic E-state index is 0.0281. The summed E-state index contributed by atoms with van der Waals surface area (Å²) in [6.07, 6.45) is 0.473. The molecular weight excluding hydrogens is 404 g/mol. The van der Waals surface area contributed by atoms with Gasteiger partial charge >= 0.3 is 0 Å². The molecule has 0 unspecified atom stereocenters. The molecule has 0 bridgehead atoms. The van der Waals surface area contributed by atoms with Crippen LogP contribution in [-0.4, -0.2) is 42.5 Å². The summed E-state index contributed by atoms with van der Waals surface area (Å²) in [5.74, 6) is 0.616. The lowest BCUT2D eigenvalue weighted by Gasteiger charge is -2.31. The number of methoxy groups -OCH3 is 1. The molecule has 2 aromatic carbocycles. The van der Waals surface area contributed by atoms with E-state index < -0.39 is 6.04 Å². The van der Waals surface area contributed by atoms with Crippen molar-refractivity contribution in [2.24, 2.45) is 0 Å². The molecule has 0 fully saturated rings. The maximum absolute atomic E-state index is 13.1. The second-order valence-corrected chi connectivity index (χ2v) is 7.59. The van der Waals surface area contributed by atoms with Gasteiger partial charge in [-0.2, -0.15) is 0 Å². The highest BCUT2D eigenvalue weighted by Crippen LogP contribution is 2.23. The maximum Gasteiger partial charge on any atom is 0.261 e. The molecule has 2 amide bonds. The van der Waals surface area contributed by atoms with E-state index in [0.717, 1.165) is 5.56 Å². The SMILES string of the molecule is CC[C@H](C(=O)NC(C)C)N(Cc1cccc(OC)c1)C(=O)COc1ccccc1Cl. The second kappa shape index (κ2) is 11.5. The maximum atomic E-state index is 13.1. The topological polar surface area (TPSA) is 67.9 Å². The number of hydrogen-bond acceptors (Lipinski definition) is 4. The van der Waals surface area contributed by atoms with Crippen molar-refractivity contribution in [3.63, 3.8) is 0 Å². The van der Waals surface area contributed by atoms with Crippen LogP contribution in [0.5, 0.6) is 11.5 Å². The summed E-state index contributed by atoms with van der Waals surface area (Å²) in [5, 5.41) is 3.33. The summed E-state index contributed by atoms with van der Waals surface area (Å²) in [7, 11) is 1.59.